The molecule has 0 aliphatic carbocycles. The molecule has 0 spiro atoms. The van der Waals surface area contributed by atoms with Gasteiger partial charge in [0.2, 0.25) is 5.91 Å². The molecule has 1 saturated heterocycles. The SMILES string of the molecule is C[C@@H]1CN(CC(=O)NCc2cccs2)CCO1. The first kappa shape index (κ1) is 12.5. The predicted molar refractivity (Wildman–Crippen MR) is 68.0 cm³/mol. The summed E-state index contributed by atoms with van der Waals surface area (Å²) in [6.07, 6.45) is 0.230. The summed E-state index contributed by atoms with van der Waals surface area (Å²) >= 11 is 1.66. The Morgan fingerprint density at radius 2 is 2.59 bits per heavy atom. The topological polar surface area (TPSA) is 41.6 Å². The van der Waals surface area contributed by atoms with E-state index in [1.807, 2.05) is 24.4 Å². The van der Waals surface area contributed by atoms with Crippen molar-refractivity contribution < 1.29 is 9.53 Å². The first-order valence-corrected chi connectivity index (χ1v) is 6.75. The number of hydrogen-bond acceptors (Lipinski definition) is 4. The Morgan fingerprint density at radius 3 is 3.29 bits per heavy atom. The van der Waals surface area contributed by atoms with Gasteiger partial charge in [0, 0.05) is 18.0 Å². The maximum atomic E-state index is 11.7. The maximum absolute atomic E-state index is 11.7. The third-order valence-electron chi connectivity index (χ3n) is 2.73. The fourth-order valence-electron chi connectivity index (χ4n) is 1.89. The largest absolute Gasteiger partial charge is 0.376 e. The van der Waals surface area contributed by atoms with Gasteiger partial charge in [0.1, 0.15) is 0 Å². The Labute approximate surface area is 106 Å². The lowest BCUT2D eigenvalue weighted by Crippen LogP contribution is -2.45. The smallest absolute Gasteiger partial charge is 0.234 e. The van der Waals surface area contributed by atoms with Crippen molar-refractivity contribution in [3.05, 3.63) is 22.4 Å². The minimum absolute atomic E-state index is 0.0903. The normalized spacial score (nSPS) is 21.4. The predicted octanol–water partition coefficient (Wildman–Crippen LogP) is 1.08. The monoisotopic (exact) mass is 254 g/mol. The molecule has 2 rings (SSSR count). The first-order valence-electron chi connectivity index (χ1n) is 5.87. The number of nitrogens with zero attached hydrogens (tertiary/aromatic N) is 1. The molecule has 1 amide bonds. The van der Waals surface area contributed by atoms with Crippen LogP contribution in [0.2, 0.25) is 0 Å². The Kier molecular flexibility index (Phi) is 4.53. The number of rotatable bonds is 4. The Balaban J connectivity index is 1.70. The highest BCUT2D eigenvalue weighted by Crippen LogP contribution is 2.07. The molecule has 1 atom stereocenters. The second-order valence-electron chi connectivity index (χ2n) is 4.27. The average molecular weight is 254 g/mol. The minimum atomic E-state index is 0.0903. The number of morpholine rings is 1. The van der Waals surface area contributed by atoms with E-state index in [-0.39, 0.29) is 12.0 Å². The molecule has 94 valence electrons. The van der Waals surface area contributed by atoms with Crippen LogP contribution in [-0.2, 0) is 16.1 Å². The van der Waals surface area contributed by atoms with E-state index in [0.717, 1.165) is 19.7 Å². The van der Waals surface area contributed by atoms with Crippen molar-refractivity contribution in [2.45, 2.75) is 19.6 Å². The van der Waals surface area contributed by atoms with E-state index < -0.39 is 0 Å². The molecule has 1 N–H and O–H groups in total. The van der Waals surface area contributed by atoms with Crippen LogP contribution in [0.5, 0.6) is 0 Å². The zero-order valence-corrected chi connectivity index (χ0v) is 10.8. The molecule has 1 aliphatic rings. The molecule has 0 aromatic carbocycles. The molecule has 0 unspecified atom stereocenters. The third-order valence-corrected chi connectivity index (χ3v) is 3.61. The van der Waals surface area contributed by atoms with Gasteiger partial charge < -0.3 is 10.1 Å². The summed E-state index contributed by atoms with van der Waals surface area (Å²) in [6, 6.07) is 4.03. The van der Waals surface area contributed by atoms with E-state index in [1.54, 1.807) is 11.3 Å². The van der Waals surface area contributed by atoms with E-state index in [9.17, 15) is 4.79 Å². The number of thiophene rings is 1. The van der Waals surface area contributed by atoms with Crippen LogP contribution in [0.4, 0.5) is 0 Å². The number of carbonyl (C=O) groups is 1. The van der Waals surface area contributed by atoms with Crippen molar-refractivity contribution in [2.75, 3.05) is 26.2 Å². The standard InChI is InChI=1S/C12H18N2O2S/c1-10-8-14(4-5-16-10)9-12(15)13-7-11-3-2-6-17-11/h2-3,6,10H,4-5,7-9H2,1H3,(H,13,15)/t10-/m1/s1. The Bertz CT molecular complexity index is 353. The van der Waals surface area contributed by atoms with E-state index >= 15 is 0 Å². The van der Waals surface area contributed by atoms with E-state index in [2.05, 4.69) is 10.2 Å². The van der Waals surface area contributed by atoms with Gasteiger partial charge in [0.25, 0.3) is 0 Å². The minimum Gasteiger partial charge on any atom is -0.376 e. The van der Waals surface area contributed by atoms with Gasteiger partial charge in [-0.3, -0.25) is 9.69 Å². The summed E-state index contributed by atoms with van der Waals surface area (Å²) in [5.41, 5.74) is 0. The Morgan fingerprint density at radius 1 is 1.71 bits per heavy atom. The highest BCUT2D eigenvalue weighted by Gasteiger charge is 2.18. The van der Waals surface area contributed by atoms with Gasteiger partial charge in [-0.15, -0.1) is 11.3 Å². The number of ether oxygens (including phenoxy) is 1. The zero-order chi connectivity index (χ0) is 12.1. The van der Waals surface area contributed by atoms with Gasteiger partial charge in [-0.1, -0.05) is 6.07 Å². The summed E-state index contributed by atoms with van der Waals surface area (Å²) in [5.74, 6) is 0.0903. The second-order valence-corrected chi connectivity index (χ2v) is 5.30. The van der Waals surface area contributed by atoms with Crippen molar-refractivity contribution in [3.8, 4) is 0 Å². The molecule has 2 heterocycles. The van der Waals surface area contributed by atoms with E-state index in [1.165, 1.54) is 4.88 Å². The second kappa shape index (κ2) is 6.14. The number of hydrogen-bond donors (Lipinski definition) is 1. The van der Waals surface area contributed by atoms with Crippen LogP contribution in [0.15, 0.2) is 17.5 Å². The molecule has 1 aromatic rings. The van der Waals surface area contributed by atoms with Crippen molar-refractivity contribution in [1.29, 1.82) is 0 Å². The molecule has 4 nitrogen and oxygen atoms in total. The van der Waals surface area contributed by atoms with Crippen LogP contribution in [0.1, 0.15) is 11.8 Å². The van der Waals surface area contributed by atoms with Crippen LogP contribution < -0.4 is 5.32 Å². The van der Waals surface area contributed by atoms with Crippen molar-refractivity contribution in [1.82, 2.24) is 10.2 Å². The molecule has 1 fully saturated rings. The van der Waals surface area contributed by atoms with Gasteiger partial charge in [0.05, 0.1) is 25.8 Å². The summed E-state index contributed by atoms with van der Waals surface area (Å²) in [4.78, 5) is 15.0. The van der Waals surface area contributed by atoms with Crippen molar-refractivity contribution in [2.24, 2.45) is 0 Å². The lowest BCUT2D eigenvalue weighted by molar-refractivity contribution is -0.124. The molecule has 0 saturated carbocycles. The quantitative estimate of drug-likeness (QED) is 0.874. The molecule has 0 radical (unpaired) electrons. The molecule has 1 aliphatic heterocycles. The van der Waals surface area contributed by atoms with Crippen LogP contribution in [0.25, 0.3) is 0 Å². The van der Waals surface area contributed by atoms with Crippen LogP contribution in [0.3, 0.4) is 0 Å². The van der Waals surface area contributed by atoms with Crippen LogP contribution in [0, 0.1) is 0 Å². The molecule has 1 aromatic heterocycles. The lowest BCUT2D eigenvalue weighted by atomic mass is 10.3. The van der Waals surface area contributed by atoms with E-state index in [4.69, 9.17) is 4.74 Å². The molecule has 0 bridgehead atoms. The average Bonchev–Trinajstić information content (AvgIpc) is 2.79. The van der Waals surface area contributed by atoms with Crippen LogP contribution >= 0.6 is 11.3 Å². The lowest BCUT2D eigenvalue weighted by Gasteiger charge is -2.30. The van der Waals surface area contributed by atoms with Crippen LogP contribution in [-0.4, -0.2) is 43.2 Å². The van der Waals surface area contributed by atoms with Crippen molar-refractivity contribution in [3.63, 3.8) is 0 Å². The fraction of sp³-hybridized carbons (Fsp3) is 0.583. The summed E-state index contributed by atoms with van der Waals surface area (Å²) in [5, 5.41) is 4.96. The Hall–Kier alpha value is -0.910. The van der Waals surface area contributed by atoms with Gasteiger partial charge in [0.15, 0.2) is 0 Å². The molecule has 5 heteroatoms. The fourth-order valence-corrected chi connectivity index (χ4v) is 2.54. The van der Waals surface area contributed by atoms with Gasteiger partial charge in [-0.2, -0.15) is 0 Å². The number of amides is 1. The molecule has 17 heavy (non-hydrogen) atoms. The molecular weight excluding hydrogens is 236 g/mol. The highest BCUT2D eigenvalue weighted by molar-refractivity contribution is 7.09. The summed E-state index contributed by atoms with van der Waals surface area (Å²) < 4.78 is 5.44. The maximum Gasteiger partial charge on any atom is 0.234 e. The van der Waals surface area contributed by atoms with Gasteiger partial charge >= 0.3 is 0 Å². The van der Waals surface area contributed by atoms with Crippen molar-refractivity contribution >= 4 is 17.2 Å². The van der Waals surface area contributed by atoms with Gasteiger partial charge in [-0.05, 0) is 18.4 Å². The molecular formula is C12H18N2O2S. The highest BCUT2D eigenvalue weighted by atomic mass is 32.1. The summed E-state index contributed by atoms with van der Waals surface area (Å²) in [7, 11) is 0. The van der Waals surface area contributed by atoms with Gasteiger partial charge in [-0.25, -0.2) is 0 Å². The summed E-state index contributed by atoms with van der Waals surface area (Å²) in [6.45, 7) is 5.55. The zero-order valence-electron chi connectivity index (χ0n) is 10.0. The number of carbonyl (C=O) groups excluding carboxylic acids is 1. The third kappa shape index (κ3) is 4.11. The first-order chi connectivity index (χ1) is 8.24. The van der Waals surface area contributed by atoms with E-state index in [0.29, 0.717) is 13.1 Å². The number of nitrogens with one attached hydrogen (secondary N) is 1.